The van der Waals surface area contributed by atoms with Crippen LogP contribution in [0.15, 0.2) is 184 Å². The molecule has 0 radical (unpaired) electrons. The number of nitrogens with two attached hydrogens (primary N) is 1. The fourth-order valence-corrected chi connectivity index (χ4v) is 7.79. The second kappa shape index (κ2) is 24.2. The minimum absolute atomic E-state index is 0.0112. The minimum atomic E-state index is -0.0112. The Bertz CT molecular complexity index is 2370. The lowest BCUT2D eigenvalue weighted by atomic mass is 9.79. The minimum Gasteiger partial charge on any atom is -0.333 e. The second-order valence-corrected chi connectivity index (χ2v) is 15.2. The molecule has 0 spiro atoms. The molecule has 0 saturated carbocycles. The fraction of sp³-hybridized carbons (Fsp3) is 0.220. The standard InChI is InChI=1S/C38H36.C9H10.C7H8.C2H6.C2H4.CH5N/c1-25-13-9-10-16-30(25)31-22-23-32(27(3)26(31)2)36-29(20-19-28-14-7-6-8-15-28)21-24-35-37(36)33-17-11-12-18-34(33)38(35,4)5;1-8(2)9-6-4-3-5-7-9;1-7-5-3-2-4-6-7;3*1-2/h6-18,21-24H,19-20H2,1-5H3;3-7H,1H2,2H3;2-6H,1H3;1-2H3;1-2H2;2H2,1H3. The topological polar surface area (TPSA) is 26.0 Å². The van der Waals surface area contributed by atoms with Crippen LogP contribution in [0.2, 0.25) is 0 Å². The number of fused-ring (bicyclic) bond motifs is 3. The Morgan fingerprint density at radius 2 is 0.967 bits per heavy atom. The molecule has 60 heavy (non-hydrogen) atoms. The van der Waals surface area contributed by atoms with Gasteiger partial charge >= 0.3 is 0 Å². The molecule has 2 N–H and O–H groups in total. The lowest BCUT2D eigenvalue weighted by Crippen LogP contribution is -2.15. The van der Waals surface area contributed by atoms with Gasteiger partial charge < -0.3 is 5.73 Å². The van der Waals surface area contributed by atoms with Crippen LogP contribution in [0.3, 0.4) is 0 Å². The molecule has 8 rings (SSSR count). The van der Waals surface area contributed by atoms with Gasteiger partial charge in [-0.2, -0.15) is 0 Å². The number of aryl methyl sites for hydroxylation is 4. The zero-order valence-corrected chi connectivity index (χ0v) is 38.2. The van der Waals surface area contributed by atoms with Crippen molar-refractivity contribution in [2.75, 3.05) is 7.05 Å². The van der Waals surface area contributed by atoms with E-state index in [4.69, 9.17) is 0 Å². The number of hydrogen-bond acceptors (Lipinski definition) is 1. The Balaban J connectivity index is 0.000000359. The highest BCUT2D eigenvalue weighted by Crippen LogP contribution is 2.53. The molecule has 0 amide bonds. The molecule has 0 bridgehead atoms. The van der Waals surface area contributed by atoms with Crippen LogP contribution < -0.4 is 5.73 Å². The van der Waals surface area contributed by atoms with E-state index in [1.807, 2.05) is 57.2 Å². The smallest absolute Gasteiger partial charge is 0.0159 e. The van der Waals surface area contributed by atoms with E-state index in [2.05, 4.69) is 194 Å². The summed E-state index contributed by atoms with van der Waals surface area (Å²) in [5, 5.41) is 0. The fourth-order valence-electron chi connectivity index (χ4n) is 7.79. The summed E-state index contributed by atoms with van der Waals surface area (Å²) < 4.78 is 0. The predicted molar refractivity (Wildman–Crippen MR) is 268 cm³/mol. The maximum Gasteiger partial charge on any atom is 0.0159 e. The molecule has 0 heterocycles. The monoisotopic (exact) mass is 792 g/mol. The second-order valence-electron chi connectivity index (χ2n) is 15.2. The van der Waals surface area contributed by atoms with E-state index in [-0.39, 0.29) is 5.41 Å². The lowest BCUT2D eigenvalue weighted by Gasteiger charge is -2.24. The maximum atomic E-state index is 4.50. The van der Waals surface area contributed by atoms with Crippen LogP contribution in [0.5, 0.6) is 0 Å². The van der Waals surface area contributed by atoms with Gasteiger partial charge in [0.05, 0.1) is 0 Å². The van der Waals surface area contributed by atoms with Crippen molar-refractivity contribution >= 4 is 5.57 Å². The molecule has 0 saturated heterocycles. The first-order chi connectivity index (χ1) is 29.1. The van der Waals surface area contributed by atoms with Crippen LogP contribution in [-0.4, -0.2) is 7.05 Å². The van der Waals surface area contributed by atoms with Crippen LogP contribution in [0.4, 0.5) is 0 Å². The first-order valence-corrected chi connectivity index (χ1v) is 21.3. The summed E-state index contributed by atoms with van der Waals surface area (Å²) in [6.07, 6.45) is 2.06. The Morgan fingerprint density at radius 1 is 0.483 bits per heavy atom. The molecule has 310 valence electrons. The largest absolute Gasteiger partial charge is 0.333 e. The zero-order chi connectivity index (χ0) is 44.2. The zero-order valence-electron chi connectivity index (χ0n) is 38.2. The van der Waals surface area contributed by atoms with Crippen molar-refractivity contribution in [3.05, 3.63) is 234 Å². The molecule has 7 aromatic rings. The van der Waals surface area contributed by atoms with Crippen molar-refractivity contribution < 1.29 is 0 Å². The molecule has 1 aliphatic carbocycles. The van der Waals surface area contributed by atoms with Crippen molar-refractivity contribution in [2.24, 2.45) is 5.73 Å². The van der Waals surface area contributed by atoms with Crippen LogP contribution in [0.25, 0.3) is 39.0 Å². The highest BCUT2D eigenvalue weighted by Gasteiger charge is 2.37. The van der Waals surface area contributed by atoms with Crippen molar-refractivity contribution in [1.29, 1.82) is 0 Å². The van der Waals surface area contributed by atoms with Crippen LogP contribution in [0.1, 0.15) is 84.7 Å². The Hall–Kier alpha value is -6.02. The molecule has 1 heteroatoms. The van der Waals surface area contributed by atoms with Gasteiger partial charge in [-0.25, -0.2) is 0 Å². The van der Waals surface area contributed by atoms with Gasteiger partial charge in [-0.05, 0) is 132 Å². The van der Waals surface area contributed by atoms with Gasteiger partial charge in [-0.1, -0.05) is 209 Å². The molecule has 1 aliphatic rings. The van der Waals surface area contributed by atoms with Crippen molar-refractivity contribution in [2.45, 2.75) is 80.6 Å². The van der Waals surface area contributed by atoms with Gasteiger partial charge in [0.2, 0.25) is 0 Å². The summed E-state index contributed by atoms with van der Waals surface area (Å²) in [5.41, 5.74) is 26.2. The number of hydrogen-bond donors (Lipinski definition) is 1. The summed E-state index contributed by atoms with van der Waals surface area (Å²) in [6.45, 7) is 29.5. The van der Waals surface area contributed by atoms with E-state index < -0.39 is 0 Å². The van der Waals surface area contributed by atoms with E-state index in [0.717, 1.165) is 18.4 Å². The first-order valence-electron chi connectivity index (χ1n) is 21.3. The molecular weight excluding hydrogens is 723 g/mol. The molecule has 1 nitrogen and oxygen atoms in total. The summed E-state index contributed by atoms with van der Waals surface area (Å²) in [5.74, 6) is 0. The van der Waals surface area contributed by atoms with E-state index in [0.29, 0.717) is 0 Å². The highest BCUT2D eigenvalue weighted by atomic mass is 14.4. The van der Waals surface area contributed by atoms with E-state index >= 15 is 0 Å². The molecule has 0 aliphatic heterocycles. The third-order valence-corrected chi connectivity index (χ3v) is 11.1. The summed E-state index contributed by atoms with van der Waals surface area (Å²) in [7, 11) is 1.50. The van der Waals surface area contributed by atoms with Gasteiger partial charge in [0, 0.05) is 5.41 Å². The molecule has 0 unspecified atom stereocenters. The van der Waals surface area contributed by atoms with Gasteiger partial charge in [-0.15, -0.1) is 13.2 Å². The lowest BCUT2D eigenvalue weighted by molar-refractivity contribution is 0.660. The number of benzene rings is 7. The molecule has 0 atom stereocenters. The van der Waals surface area contributed by atoms with Gasteiger partial charge in [0.25, 0.3) is 0 Å². The Morgan fingerprint density at radius 3 is 1.50 bits per heavy atom. The molecule has 0 fully saturated rings. The Labute approximate surface area is 364 Å². The number of rotatable bonds is 6. The van der Waals surface area contributed by atoms with E-state index in [1.165, 1.54) is 90.5 Å². The SMILES string of the molecule is C=C.C=C(C)c1ccccc1.CC.CN.Cc1ccccc1.Cc1ccccc1-c1ccc(-c2c(CCc3ccccc3)ccc3c2-c2ccccc2C3(C)C)c(C)c1C. The number of allylic oxidation sites excluding steroid dienone is 1. The normalized spacial score (nSPS) is 11.1. The van der Waals surface area contributed by atoms with E-state index in [1.54, 1.807) is 0 Å². The summed E-state index contributed by atoms with van der Waals surface area (Å²) in [4.78, 5) is 0. The highest BCUT2D eigenvalue weighted by molar-refractivity contribution is 5.95. The van der Waals surface area contributed by atoms with Crippen LogP contribution in [0, 0.1) is 27.7 Å². The van der Waals surface area contributed by atoms with Crippen LogP contribution in [-0.2, 0) is 18.3 Å². The summed E-state index contributed by atoms with van der Waals surface area (Å²) in [6, 6.07) is 58.7. The van der Waals surface area contributed by atoms with Gasteiger partial charge in [0.1, 0.15) is 0 Å². The van der Waals surface area contributed by atoms with Crippen molar-refractivity contribution in [3.8, 4) is 33.4 Å². The van der Waals surface area contributed by atoms with Crippen LogP contribution >= 0.6 is 0 Å². The average molecular weight is 792 g/mol. The summed E-state index contributed by atoms with van der Waals surface area (Å²) >= 11 is 0. The third kappa shape index (κ3) is 11.8. The molecule has 0 aromatic heterocycles. The molecular formula is C59H69N. The van der Waals surface area contributed by atoms with Crippen molar-refractivity contribution in [3.63, 3.8) is 0 Å². The Kier molecular flexibility index (Phi) is 19.5. The van der Waals surface area contributed by atoms with E-state index in [9.17, 15) is 0 Å². The average Bonchev–Trinajstić information content (AvgIpc) is 3.53. The molecule has 7 aromatic carbocycles. The quantitative estimate of drug-likeness (QED) is 0.167. The first kappa shape index (κ1) is 48.3. The van der Waals surface area contributed by atoms with Crippen molar-refractivity contribution in [1.82, 2.24) is 0 Å². The predicted octanol–water partition coefficient (Wildman–Crippen LogP) is 16.2. The van der Waals surface area contributed by atoms with Gasteiger partial charge in [-0.3, -0.25) is 0 Å². The van der Waals surface area contributed by atoms with Gasteiger partial charge in [0.15, 0.2) is 0 Å². The maximum absolute atomic E-state index is 4.50. The third-order valence-electron chi connectivity index (χ3n) is 11.1.